The van der Waals surface area contributed by atoms with E-state index in [2.05, 4.69) is 27.4 Å². The van der Waals surface area contributed by atoms with E-state index in [0.717, 1.165) is 56.7 Å². The van der Waals surface area contributed by atoms with Gasteiger partial charge in [0.25, 0.3) is 8.32 Å². The highest BCUT2D eigenvalue weighted by Gasteiger charge is 2.38. The molecule has 0 aliphatic carbocycles. The molecule has 0 saturated carbocycles. The summed E-state index contributed by atoms with van der Waals surface area (Å²) in [5, 5.41) is 0. The summed E-state index contributed by atoms with van der Waals surface area (Å²) < 4.78 is 11.2. The number of unbranched alkanes of at least 4 members (excludes halogenated alkanes) is 3. The van der Waals surface area contributed by atoms with Gasteiger partial charge >= 0.3 is 11.9 Å². The fourth-order valence-corrected chi connectivity index (χ4v) is 7.27. The number of esters is 1. The zero-order valence-corrected chi connectivity index (χ0v) is 17.3. The molecule has 0 aromatic carbocycles. The third-order valence-corrected chi connectivity index (χ3v) is 8.67. The van der Waals surface area contributed by atoms with Crippen LogP contribution >= 0.6 is 0 Å². The SMILES string of the molecule is C=C(C)C(=O)OC(C)C(=O)O[Si](CCCC)(CCCC)CCCC. The van der Waals surface area contributed by atoms with Gasteiger partial charge in [0.15, 0.2) is 6.10 Å². The highest BCUT2D eigenvalue weighted by atomic mass is 28.4. The van der Waals surface area contributed by atoms with E-state index in [1.165, 1.54) is 0 Å². The van der Waals surface area contributed by atoms with Gasteiger partial charge in [-0.1, -0.05) is 65.9 Å². The summed E-state index contributed by atoms with van der Waals surface area (Å²) >= 11 is 0. The van der Waals surface area contributed by atoms with Crippen molar-refractivity contribution in [1.82, 2.24) is 0 Å². The van der Waals surface area contributed by atoms with Gasteiger partial charge in [-0.25, -0.2) is 9.59 Å². The summed E-state index contributed by atoms with van der Waals surface area (Å²) in [5.41, 5.74) is 0.293. The van der Waals surface area contributed by atoms with Gasteiger partial charge in [-0.05, 0) is 32.0 Å². The Morgan fingerprint density at radius 1 is 0.958 bits per heavy atom. The molecular formula is C19H36O4Si. The van der Waals surface area contributed by atoms with Crippen LogP contribution in [-0.4, -0.2) is 26.4 Å². The molecule has 0 aliphatic rings. The third kappa shape index (κ3) is 8.67. The van der Waals surface area contributed by atoms with E-state index in [-0.39, 0.29) is 5.97 Å². The molecule has 0 rings (SSSR count). The van der Waals surface area contributed by atoms with Crippen LogP contribution in [0.4, 0.5) is 0 Å². The lowest BCUT2D eigenvalue weighted by molar-refractivity contribution is -0.158. The standard InChI is InChI=1S/C19H36O4Si/c1-7-10-13-24(14-11-8-2,15-12-9-3)23-19(21)17(6)22-18(20)16(4)5/h17H,4,7-15H2,1-3,5-6H3. The molecule has 0 N–H and O–H groups in total. The Hall–Kier alpha value is -1.10. The van der Waals surface area contributed by atoms with Crippen molar-refractivity contribution in [3.63, 3.8) is 0 Å². The molecule has 0 saturated heterocycles. The predicted molar refractivity (Wildman–Crippen MR) is 101 cm³/mol. The molecule has 0 fully saturated rings. The van der Waals surface area contributed by atoms with Crippen molar-refractivity contribution in [3.05, 3.63) is 12.2 Å². The maximum atomic E-state index is 12.5. The fraction of sp³-hybridized carbons (Fsp3) is 0.789. The van der Waals surface area contributed by atoms with E-state index < -0.39 is 20.4 Å². The molecule has 0 aromatic rings. The van der Waals surface area contributed by atoms with E-state index in [1.807, 2.05) is 0 Å². The quantitative estimate of drug-likeness (QED) is 0.252. The average molecular weight is 357 g/mol. The van der Waals surface area contributed by atoms with Crippen molar-refractivity contribution in [3.8, 4) is 0 Å². The van der Waals surface area contributed by atoms with E-state index in [1.54, 1.807) is 13.8 Å². The molecule has 1 atom stereocenters. The van der Waals surface area contributed by atoms with Crippen molar-refractivity contribution in [2.75, 3.05) is 0 Å². The third-order valence-electron chi connectivity index (χ3n) is 4.24. The molecule has 0 aromatic heterocycles. The Balaban J connectivity index is 5.05. The zero-order chi connectivity index (χ0) is 18.6. The maximum absolute atomic E-state index is 12.5. The summed E-state index contributed by atoms with van der Waals surface area (Å²) in [6.07, 6.45) is 5.71. The van der Waals surface area contributed by atoms with Gasteiger partial charge in [-0.2, -0.15) is 0 Å². The minimum absolute atomic E-state index is 0.293. The first-order valence-corrected chi connectivity index (χ1v) is 11.9. The lowest BCUT2D eigenvalue weighted by atomic mass is 10.3. The summed E-state index contributed by atoms with van der Waals surface area (Å²) in [4.78, 5) is 24.1. The van der Waals surface area contributed by atoms with Gasteiger partial charge in [-0.15, -0.1) is 0 Å². The number of carbonyl (C=O) groups is 2. The predicted octanol–water partition coefficient (Wildman–Crippen LogP) is 5.38. The van der Waals surface area contributed by atoms with Crippen molar-refractivity contribution in [2.45, 2.75) is 97.4 Å². The molecule has 0 aliphatic heterocycles. The Morgan fingerprint density at radius 2 is 1.38 bits per heavy atom. The highest BCUT2D eigenvalue weighted by Crippen LogP contribution is 2.30. The van der Waals surface area contributed by atoms with Crippen LogP contribution in [0, 0.1) is 0 Å². The Morgan fingerprint density at radius 3 is 1.71 bits per heavy atom. The number of carbonyl (C=O) groups excluding carboxylic acids is 2. The van der Waals surface area contributed by atoms with Crippen LogP contribution in [0.25, 0.3) is 0 Å². The molecular weight excluding hydrogens is 320 g/mol. The first-order chi connectivity index (χ1) is 11.3. The van der Waals surface area contributed by atoms with Gasteiger partial charge in [-0.3, -0.25) is 0 Å². The summed E-state index contributed by atoms with van der Waals surface area (Å²) in [6, 6.07) is 3.03. The van der Waals surface area contributed by atoms with E-state index in [0.29, 0.717) is 5.57 Å². The van der Waals surface area contributed by atoms with Crippen LogP contribution in [-0.2, 0) is 18.8 Å². The molecule has 0 spiro atoms. The second kappa shape index (κ2) is 12.3. The molecule has 140 valence electrons. The maximum Gasteiger partial charge on any atom is 0.333 e. The minimum Gasteiger partial charge on any atom is -0.516 e. The number of hydrogen-bond donors (Lipinski definition) is 0. The van der Waals surface area contributed by atoms with E-state index in [4.69, 9.17) is 9.16 Å². The summed E-state index contributed by atoms with van der Waals surface area (Å²) in [5.74, 6) is -0.929. The number of ether oxygens (including phenoxy) is 1. The fourth-order valence-electron chi connectivity index (χ4n) is 2.63. The second-order valence-electron chi connectivity index (χ2n) is 6.74. The lowest BCUT2D eigenvalue weighted by Crippen LogP contribution is -2.43. The van der Waals surface area contributed by atoms with Crippen LogP contribution in [0.1, 0.15) is 73.1 Å². The molecule has 0 radical (unpaired) electrons. The normalized spacial score (nSPS) is 12.5. The second-order valence-corrected chi connectivity index (χ2v) is 10.8. The average Bonchev–Trinajstić information content (AvgIpc) is 2.55. The molecule has 0 amide bonds. The van der Waals surface area contributed by atoms with Crippen LogP contribution in [0.5, 0.6) is 0 Å². The Bertz CT molecular complexity index is 384. The van der Waals surface area contributed by atoms with Crippen molar-refractivity contribution < 1.29 is 18.8 Å². The zero-order valence-electron chi connectivity index (χ0n) is 16.3. The van der Waals surface area contributed by atoms with Gasteiger partial charge in [0.1, 0.15) is 0 Å². The first-order valence-electron chi connectivity index (χ1n) is 9.41. The molecule has 24 heavy (non-hydrogen) atoms. The molecule has 0 bridgehead atoms. The molecule has 5 heteroatoms. The van der Waals surface area contributed by atoms with Crippen LogP contribution < -0.4 is 0 Å². The van der Waals surface area contributed by atoms with Crippen LogP contribution in [0.2, 0.25) is 18.1 Å². The van der Waals surface area contributed by atoms with Gasteiger partial charge in [0.2, 0.25) is 0 Å². The van der Waals surface area contributed by atoms with Crippen molar-refractivity contribution in [1.29, 1.82) is 0 Å². The van der Waals surface area contributed by atoms with Crippen LogP contribution in [0.3, 0.4) is 0 Å². The summed E-state index contributed by atoms with van der Waals surface area (Å²) in [6.45, 7) is 13.2. The Labute approximate surface area is 149 Å². The Kier molecular flexibility index (Phi) is 11.7. The molecule has 4 nitrogen and oxygen atoms in total. The van der Waals surface area contributed by atoms with Gasteiger partial charge < -0.3 is 9.16 Å². The molecule has 0 heterocycles. The largest absolute Gasteiger partial charge is 0.516 e. The van der Waals surface area contributed by atoms with E-state index in [9.17, 15) is 9.59 Å². The highest BCUT2D eigenvalue weighted by molar-refractivity contribution is 6.75. The molecule has 1 unspecified atom stereocenters. The van der Waals surface area contributed by atoms with E-state index >= 15 is 0 Å². The smallest absolute Gasteiger partial charge is 0.333 e. The minimum atomic E-state index is -2.13. The van der Waals surface area contributed by atoms with Crippen LogP contribution in [0.15, 0.2) is 12.2 Å². The van der Waals surface area contributed by atoms with Gasteiger partial charge in [0.05, 0.1) is 0 Å². The van der Waals surface area contributed by atoms with Gasteiger partial charge in [0, 0.05) is 5.57 Å². The monoisotopic (exact) mass is 356 g/mol. The number of hydrogen-bond acceptors (Lipinski definition) is 4. The first kappa shape index (κ1) is 22.9. The lowest BCUT2D eigenvalue weighted by Gasteiger charge is -2.32. The summed E-state index contributed by atoms with van der Waals surface area (Å²) in [7, 11) is -2.13. The number of rotatable bonds is 13. The van der Waals surface area contributed by atoms with Crippen molar-refractivity contribution >= 4 is 20.3 Å². The topological polar surface area (TPSA) is 52.6 Å². The van der Waals surface area contributed by atoms with Crippen molar-refractivity contribution in [2.24, 2.45) is 0 Å².